The van der Waals surface area contributed by atoms with Crippen LogP contribution in [0.2, 0.25) is 0 Å². The summed E-state index contributed by atoms with van der Waals surface area (Å²) >= 11 is 0. The lowest BCUT2D eigenvalue weighted by atomic mass is 9.99. The van der Waals surface area contributed by atoms with Crippen LogP contribution in [0.1, 0.15) is 22.4 Å². The van der Waals surface area contributed by atoms with Gasteiger partial charge in [-0.2, -0.15) is 0 Å². The number of nitrogens with zero attached hydrogens (tertiary/aromatic N) is 1. The van der Waals surface area contributed by atoms with Crippen LogP contribution in [0.15, 0.2) is 59.1 Å². The summed E-state index contributed by atoms with van der Waals surface area (Å²) in [5, 5.41) is 14.9. The molecule has 0 aliphatic carbocycles. The first-order chi connectivity index (χ1) is 15.9. The zero-order valence-corrected chi connectivity index (χ0v) is 19.4. The van der Waals surface area contributed by atoms with Gasteiger partial charge in [-0.15, -0.1) is 0 Å². The molecule has 4 rings (SSSR count). The molecule has 170 valence electrons. The lowest BCUT2D eigenvalue weighted by molar-refractivity contribution is 0.303. The number of phenolic OH excluding ortho intramolecular Hbond substituents is 1. The maximum Gasteiger partial charge on any atom is 0.178 e. The van der Waals surface area contributed by atoms with Crippen molar-refractivity contribution in [3.8, 4) is 45.4 Å². The fourth-order valence-corrected chi connectivity index (χ4v) is 3.80. The van der Waals surface area contributed by atoms with Crippen LogP contribution in [0.5, 0.6) is 23.0 Å². The Bertz CT molecular complexity index is 1290. The minimum Gasteiger partial charge on any atom is -0.507 e. The number of aromatic hydroxyl groups is 1. The number of benzene rings is 3. The topological polar surface area (TPSA) is 74.0 Å². The number of phenols is 1. The Kier molecular flexibility index (Phi) is 6.27. The molecule has 0 saturated heterocycles. The molecule has 0 atom stereocenters. The fraction of sp³-hybridized carbons (Fsp3) is 0.222. The molecule has 0 unspecified atom stereocenters. The highest BCUT2D eigenvalue weighted by Crippen LogP contribution is 2.42. The van der Waals surface area contributed by atoms with E-state index in [4.69, 9.17) is 18.7 Å². The smallest absolute Gasteiger partial charge is 0.178 e. The predicted octanol–water partition coefficient (Wildman–Crippen LogP) is 6.24. The van der Waals surface area contributed by atoms with Crippen LogP contribution in [-0.2, 0) is 6.61 Å². The SMILES string of the molecule is COc1ccc(-c2c(C)noc2-c2ccc(OCc3cc(C)ccc3C)cc2O)cc1OC. The van der Waals surface area contributed by atoms with Crippen LogP contribution in [0.4, 0.5) is 0 Å². The molecule has 0 fully saturated rings. The molecule has 0 bridgehead atoms. The van der Waals surface area contributed by atoms with E-state index in [1.54, 1.807) is 26.4 Å². The zero-order chi connectivity index (χ0) is 23.5. The largest absolute Gasteiger partial charge is 0.507 e. The van der Waals surface area contributed by atoms with Crippen LogP contribution < -0.4 is 14.2 Å². The second-order valence-electron chi connectivity index (χ2n) is 7.94. The first-order valence-electron chi connectivity index (χ1n) is 10.6. The first-order valence-corrected chi connectivity index (χ1v) is 10.6. The molecule has 3 aromatic carbocycles. The fourth-order valence-electron chi connectivity index (χ4n) is 3.80. The van der Waals surface area contributed by atoms with Crippen LogP contribution in [0.3, 0.4) is 0 Å². The number of ether oxygens (including phenoxy) is 3. The second kappa shape index (κ2) is 9.28. The summed E-state index contributed by atoms with van der Waals surface area (Å²) < 4.78 is 22.3. The van der Waals surface area contributed by atoms with Crippen molar-refractivity contribution in [2.45, 2.75) is 27.4 Å². The summed E-state index contributed by atoms with van der Waals surface area (Å²) in [6.45, 7) is 6.39. The Morgan fingerprint density at radius 1 is 0.879 bits per heavy atom. The van der Waals surface area contributed by atoms with Crippen molar-refractivity contribution in [2.24, 2.45) is 0 Å². The molecule has 0 aliphatic rings. The van der Waals surface area contributed by atoms with Crippen LogP contribution in [0.25, 0.3) is 22.5 Å². The Labute approximate surface area is 193 Å². The quantitative estimate of drug-likeness (QED) is 0.363. The van der Waals surface area contributed by atoms with Gasteiger partial charge in [0.1, 0.15) is 18.1 Å². The van der Waals surface area contributed by atoms with Gasteiger partial charge in [0.15, 0.2) is 17.3 Å². The molecule has 1 aromatic heterocycles. The summed E-state index contributed by atoms with van der Waals surface area (Å²) in [6, 6.07) is 17.0. The van der Waals surface area contributed by atoms with Crippen molar-refractivity contribution in [3.63, 3.8) is 0 Å². The first kappa shape index (κ1) is 22.3. The Hall–Kier alpha value is -3.93. The molecule has 1 heterocycles. The van der Waals surface area contributed by atoms with E-state index in [2.05, 4.69) is 37.2 Å². The normalized spacial score (nSPS) is 10.8. The minimum atomic E-state index is 0.0475. The van der Waals surface area contributed by atoms with Gasteiger partial charge >= 0.3 is 0 Å². The lowest BCUT2D eigenvalue weighted by Crippen LogP contribution is -1.98. The van der Waals surface area contributed by atoms with Crippen molar-refractivity contribution in [2.75, 3.05) is 14.2 Å². The summed E-state index contributed by atoms with van der Waals surface area (Å²) in [5.74, 6) is 2.32. The maximum absolute atomic E-state index is 10.8. The molecular weight excluding hydrogens is 418 g/mol. The van der Waals surface area contributed by atoms with Gasteiger partial charge in [0, 0.05) is 6.07 Å². The number of hydrogen-bond donors (Lipinski definition) is 1. The van der Waals surface area contributed by atoms with Gasteiger partial charge in [0.2, 0.25) is 0 Å². The van der Waals surface area contributed by atoms with Gasteiger partial charge in [-0.05, 0) is 61.7 Å². The number of rotatable bonds is 7. The molecule has 6 nitrogen and oxygen atoms in total. The van der Waals surface area contributed by atoms with E-state index in [9.17, 15) is 5.11 Å². The van der Waals surface area contributed by atoms with E-state index in [-0.39, 0.29) is 5.75 Å². The van der Waals surface area contributed by atoms with Crippen LogP contribution >= 0.6 is 0 Å². The summed E-state index contributed by atoms with van der Waals surface area (Å²) in [6.07, 6.45) is 0. The maximum atomic E-state index is 10.8. The highest BCUT2D eigenvalue weighted by Gasteiger charge is 2.21. The van der Waals surface area contributed by atoms with Crippen molar-refractivity contribution in [1.82, 2.24) is 5.16 Å². The second-order valence-corrected chi connectivity index (χ2v) is 7.94. The van der Waals surface area contributed by atoms with Gasteiger partial charge in [-0.1, -0.05) is 35.0 Å². The zero-order valence-electron chi connectivity index (χ0n) is 19.4. The molecule has 0 radical (unpaired) electrons. The van der Waals surface area contributed by atoms with E-state index in [0.717, 1.165) is 22.3 Å². The van der Waals surface area contributed by atoms with E-state index < -0.39 is 0 Å². The van der Waals surface area contributed by atoms with E-state index in [0.29, 0.717) is 40.9 Å². The summed E-state index contributed by atoms with van der Waals surface area (Å²) in [4.78, 5) is 0. The van der Waals surface area contributed by atoms with Crippen LogP contribution in [-0.4, -0.2) is 24.5 Å². The molecule has 4 aromatic rings. The van der Waals surface area contributed by atoms with Gasteiger partial charge in [-0.3, -0.25) is 0 Å². The molecule has 0 amide bonds. The lowest BCUT2D eigenvalue weighted by Gasteiger charge is -2.12. The van der Waals surface area contributed by atoms with Crippen molar-refractivity contribution in [3.05, 3.63) is 77.0 Å². The van der Waals surface area contributed by atoms with Gasteiger partial charge in [-0.25, -0.2) is 0 Å². The molecule has 6 heteroatoms. The molecule has 33 heavy (non-hydrogen) atoms. The third-order valence-electron chi connectivity index (χ3n) is 5.65. The summed E-state index contributed by atoms with van der Waals surface area (Å²) in [5.41, 5.74) is 6.30. The van der Waals surface area contributed by atoms with Crippen molar-refractivity contribution < 1.29 is 23.8 Å². The number of hydrogen-bond acceptors (Lipinski definition) is 6. The monoisotopic (exact) mass is 445 g/mol. The molecular formula is C27H27NO5. The van der Waals surface area contributed by atoms with E-state index in [1.807, 2.05) is 31.2 Å². The highest BCUT2D eigenvalue weighted by molar-refractivity contribution is 5.84. The Balaban J connectivity index is 1.64. The predicted molar refractivity (Wildman–Crippen MR) is 127 cm³/mol. The van der Waals surface area contributed by atoms with Crippen LogP contribution in [0, 0.1) is 20.8 Å². The van der Waals surface area contributed by atoms with Crippen molar-refractivity contribution >= 4 is 0 Å². The van der Waals surface area contributed by atoms with Gasteiger partial charge in [0.25, 0.3) is 0 Å². The number of aryl methyl sites for hydroxylation is 3. The van der Waals surface area contributed by atoms with Gasteiger partial charge < -0.3 is 23.8 Å². The van der Waals surface area contributed by atoms with Crippen molar-refractivity contribution in [1.29, 1.82) is 0 Å². The molecule has 0 spiro atoms. The highest BCUT2D eigenvalue weighted by atomic mass is 16.5. The minimum absolute atomic E-state index is 0.0475. The number of methoxy groups -OCH3 is 2. The third-order valence-corrected chi connectivity index (χ3v) is 5.65. The van der Waals surface area contributed by atoms with E-state index >= 15 is 0 Å². The number of aromatic nitrogens is 1. The molecule has 1 N–H and O–H groups in total. The molecule has 0 saturated carbocycles. The average Bonchev–Trinajstić information content (AvgIpc) is 3.20. The average molecular weight is 446 g/mol. The standard InChI is InChI=1S/C27H27NO5/c1-16-6-7-17(2)20(12-16)15-32-21-9-10-22(23(29)14-21)27-26(18(3)28-33-27)19-8-11-24(30-4)25(13-19)31-5/h6-14,29H,15H2,1-5H3. The third kappa shape index (κ3) is 4.51. The Morgan fingerprint density at radius 2 is 1.67 bits per heavy atom. The molecule has 0 aliphatic heterocycles. The summed E-state index contributed by atoms with van der Waals surface area (Å²) in [7, 11) is 3.18. The van der Waals surface area contributed by atoms with E-state index in [1.165, 1.54) is 5.56 Å². The van der Waals surface area contributed by atoms with Gasteiger partial charge in [0.05, 0.1) is 31.0 Å². The Morgan fingerprint density at radius 3 is 2.39 bits per heavy atom.